The minimum absolute atomic E-state index is 0.0202. The molecule has 1 aliphatic rings. The first-order valence-corrected chi connectivity index (χ1v) is 12.9. The van der Waals surface area contributed by atoms with Crippen LogP contribution in [-0.4, -0.2) is 20.9 Å². The zero-order valence-electron chi connectivity index (χ0n) is 16.6. The molecule has 0 N–H and O–H groups in total. The molecule has 0 bridgehead atoms. The summed E-state index contributed by atoms with van der Waals surface area (Å²) < 4.78 is 53.8. The lowest BCUT2D eigenvalue weighted by Gasteiger charge is -2.29. The molecule has 4 nitrogen and oxygen atoms in total. The van der Waals surface area contributed by atoms with Crippen LogP contribution in [0.4, 0.5) is 0 Å². The summed E-state index contributed by atoms with van der Waals surface area (Å²) in [4.78, 5) is 0.0405. The van der Waals surface area contributed by atoms with Crippen molar-refractivity contribution < 1.29 is 16.8 Å². The fraction of sp³-hybridized carbons (Fsp3) is 0.120. The first-order valence-electron chi connectivity index (χ1n) is 9.95. The predicted molar refractivity (Wildman–Crippen MR) is 121 cm³/mol. The van der Waals surface area contributed by atoms with E-state index in [1.54, 1.807) is 36.4 Å². The van der Waals surface area contributed by atoms with E-state index in [2.05, 4.69) is 0 Å². The van der Waals surface area contributed by atoms with Crippen molar-refractivity contribution in [2.24, 2.45) is 0 Å². The largest absolute Gasteiger partial charge is 0.222 e. The third-order valence-corrected chi connectivity index (χ3v) is 11.7. The Balaban J connectivity index is 1.78. The molecule has 0 atom stereocenters. The zero-order chi connectivity index (χ0) is 21.7. The highest BCUT2D eigenvalue weighted by Crippen LogP contribution is 2.46. The molecule has 31 heavy (non-hydrogen) atoms. The van der Waals surface area contributed by atoms with Crippen molar-refractivity contribution in [1.29, 1.82) is 0 Å². The number of fused-ring (bicyclic) bond motifs is 2. The Morgan fingerprint density at radius 3 is 1.26 bits per heavy atom. The van der Waals surface area contributed by atoms with E-state index in [1.807, 2.05) is 36.4 Å². The average molecular weight is 449 g/mol. The van der Waals surface area contributed by atoms with Crippen molar-refractivity contribution in [2.45, 2.75) is 26.7 Å². The van der Waals surface area contributed by atoms with Gasteiger partial charge >= 0.3 is 0 Å². The molecule has 0 aliphatic heterocycles. The summed E-state index contributed by atoms with van der Waals surface area (Å²) in [5.74, 6) is 0. The van der Waals surface area contributed by atoms with Crippen LogP contribution in [0.1, 0.15) is 11.1 Å². The average Bonchev–Trinajstić information content (AvgIpc) is 3.19. The fourth-order valence-corrected chi connectivity index (χ4v) is 9.46. The normalized spacial score (nSPS) is 15.6. The quantitative estimate of drug-likeness (QED) is 0.458. The molecule has 156 valence electrons. The van der Waals surface area contributed by atoms with Crippen molar-refractivity contribution in [3.63, 3.8) is 0 Å². The number of sulfone groups is 2. The van der Waals surface area contributed by atoms with Crippen molar-refractivity contribution in [3.05, 3.63) is 108 Å². The first kappa shape index (κ1) is 20.0. The molecule has 4 aromatic carbocycles. The standard InChI is InChI=1S/C25H20O4S2/c26-30(27,23-11-3-1-4-12-23)25(31(28,29)24-13-5-2-6-14-24)17-21-15-19-9-7-8-10-20(19)16-22(21)18-25/h1-16H,17-18H2. The van der Waals surface area contributed by atoms with Gasteiger partial charge in [-0.3, -0.25) is 0 Å². The van der Waals surface area contributed by atoms with Crippen LogP contribution in [0.2, 0.25) is 0 Å². The molecular formula is C25H20O4S2. The smallest absolute Gasteiger partial charge is 0.199 e. The first-order chi connectivity index (χ1) is 14.9. The molecule has 0 aromatic heterocycles. The molecular weight excluding hydrogens is 428 g/mol. The second-order valence-corrected chi connectivity index (χ2v) is 12.6. The maximum Gasteiger partial charge on any atom is 0.199 e. The molecule has 0 fully saturated rings. The minimum atomic E-state index is -4.22. The van der Waals surface area contributed by atoms with Gasteiger partial charge in [0.15, 0.2) is 23.8 Å². The van der Waals surface area contributed by atoms with Crippen LogP contribution < -0.4 is 0 Å². The highest BCUT2D eigenvalue weighted by molar-refractivity contribution is 8.10. The molecule has 0 saturated heterocycles. The van der Waals surface area contributed by atoms with Gasteiger partial charge in [0, 0.05) is 12.8 Å². The highest BCUT2D eigenvalue weighted by atomic mass is 32.3. The van der Waals surface area contributed by atoms with Crippen LogP contribution >= 0.6 is 0 Å². The third kappa shape index (κ3) is 2.93. The van der Waals surface area contributed by atoms with Gasteiger partial charge in [0.1, 0.15) is 0 Å². The van der Waals surface area contributed by atoms with Crippen LogP contribution in [0, 0.1) is 0 Å². The summed E-state index contributed by atoms with van der Waals surface area (Å²) in [5.41, 5.74) is 1.52. The van der Waals surface area contributed by atoms with E-state index in [9.17, 15) is 16.8 Å². The van der Waals surface area contributed by atoms with E-state index < -0.39 is 23.8 Å². The van der Waals surface area contributed by atoms with Crippen molar-refractivity contribution in [2.75, 3.05) is 0 Å². The molecule has 0 saturated carbocycles. The Morgan fingerprint density at radius 2 is 0.871 bits per heavy atom. The lowest BCUT2D eigenvalue weighted by molar-refractivity contribution is 0.541. The van der Waals surface area contributed by atoms with Crippen molar-refractivity contribution in [3.8, 4) is 0 Å². The summed E-state index contributed by atoms with van der Waals surface area (Å²) in [6.45, 7) is 0. The van der Waals surface area contributed by atoms with Crippen molar-refractivity contribution >= 4 is 30.4 Å². The lowest BCUT2D eigenvalue weighted by atomic mass is 10.0. The van der Waals surface area contributed by atoms with E-state index >= 15 is 0 Å². The van der Waals surface area contributed by atoms with Gasteiger partial charge in [0.2, 0.25) is 0 Å². The highest BCUT2D eigenvalue weighted by Gasteiger charge is 2.59. The summed E-state index contributed by atoms with van der Waals surface area (Å²) in [6.07, 6.45) is -0.163. The van der Waals surface area contributed by atoms with Crippen LogP contribution in [0.3, 0.4) is 0 Å². The van der Waals surface area contributed by atoms with Gasteiger partial charge in [-0.15, -0.1) is 0 Å². The Labute approximate surface area is 182 Å². The second kappa shape index (κ2) is 7.04. The number of hydrogen-bond donors (Lipinski definition) is 0. The van der Waals surface area contributed by atoms with E-state index in [0.717, 1.165) is 21.9 Å². The summed E-state index contributed by atoms with van der Waals surface area (Å²) in [5, 5.41) is 1.93. The summed E-state index contributed by atoms with van der Waals surface area (Å²) in [7, 11) is -8.44. The van der Waals surface area contributed by atoms with Crippen LogP contribution in [0.25, 0.3) is 10.8 Å². The number of hydrogen-bond acceptors (Lipinski definition) is 4. The topological polar surface area (TPSA) is 68.3 Å². The molecule has 1 aliphatic carbocycles. The third-order valence-electron chi connectivity index (χ3n) is 6.07. The molecule has 0 spiro atoms. The Bertz CT molecular complexity index is 1380. The molecule has 0 radical (unpaired) electrons. The van der Waals surface area contributed by atoms with Crippen LogP contribution in [0.15, 0.2) is 107 Å². The van der Waals surface area contributed by atoms with Gasteiger partial charge < -0.3 is 0 Å². The van der Waals surface area contributed by atoms with Gasteiger partial charge in [-0.1, -0.05) is 72.8 Å². The van der Waals surface area contributed by atoms with Crippen LogP contribution in [0.5, 0.6) is 0 Å². The van der Waals surface area contributed by atoms with Gasteiger partial charge in [-0.25, -0.2) is 16.8 Å². The Hall–Kier alpha value is -2.96. The molecule has 0 heterocycles. The predicted octanol–water partition coefficient (Wildman–Crippen LogP) is 4.58. The second-order valence-electron chi connectivity index (χ2n) is 7.87. The molecule has 0 amide bonds. The number of benzene rings is 4. The summed E-state index contributed by atoms with van der Waals surface area (Å²) >= 11 is 0. The van der Waals surface area contributed by atoms with Gasteiger partial charge in [0.25, 0.3) is 0 Å². The van der Waals surface area contributed by atoms with Gasteiger partial charge in [-0.05, 0) is 46.2 Å². The Kier molecular flexibility index (Phi) is 4.53. The SMILES string of the molecule is O=S(=O)(c1ccccc1)C1(S(=O)(=O)c2ccccc2)Cc2cc3ccccc3cc2C1. The zero-order valence-corrected chi connectivity index (χ0v) is 18.2. The lowest BCUT2D eigenvalue weighted by Crippen LogP contribution is -2.47. The summed E-state index contributed by atoms with van der Waals surface area (Å²) in [6, 6.07) is 27.4. The van der Waals surface area contributed by atoms with E-state index in [1.165, 1.54) is 24.3 Å². The van der Waals surface area contributed by atoms with Gasteiger partial charge in [0.05, 0.1) is 9.79 Å². The van der Waals surface area contributed by atoms with E-state index in [-0.39, 0.29) is 22.6 Å². The van der Waals surface area contributed by atoms with Crippen molar-refractivity contribution in [1.82, 2.24) is 0 Å². The monoisotopic (exact) mass is 448 g/mol. The molecule has 0 unspecified atom stereocenters. The molecule has 6 heteroatoms. The van der Waals surface area contributed by atoms with Crippen LogP contribution in [-0.2, 0) is 32.5 Å². The van der Waals surface area contributed by atoms with E-state index in [4.69, 9.17) is 0 Å². The maximum atomic E-state index is 14.0. The number of rotatable bonds is 4. The van der Waals surface area contributed by atoms with Gasteiger partial charge in [-0.2, -0.15) is 0 Å². The molecule has 4 aromatic rings. The fourth-order valence-electron chi connectivity index (χ4n) is 4.46. The minimum Gasteiger partial charge on any atom is -0.222 e. The van der Waals surface area contributed by atoms with E-state index in [0.29, 0.717) is 0 Å². The Morgan fingerprint density at radius 1 is 0.516 bits per heavy atom. The maximum absolute atomic E-state index is 14.0. The molecule has 5 rings (SSSR count).